The maximum absolute atomic E-state index is 12.7. The molecule has 0 aliphatic rings. The van der Waals surface area contributed by atoms with Crippen molar-refractivity contribution in [1.82, 2.24) is 10.3 Å². The van der Waals surface area contributed by atoms with Crippen LogP contribution in [0.4, 0.5) is 14.9 Å². The van der Waals surface area contributed by atoms with Gasteiger partial charge in [-0.1, -0.05) is 12.1 Å². The molecular weight excluding hydrogens is 261 g/mol. The second-order valence-electron chi connectivity index (χ2n) is 4.14. The molecule has 20 heavy (non-hydrogen) atoms. The molecule has 0 spiro atoms. The third-order valence-electron chi connectivity index (χ3n) is 2.65. The highest BCUT2D eigenvalue weighted by Gasteiger charge is 2.09. The summed E-state index contributed by atoms with van der Waals surface area (Å²) in [6.45, 7) is 0.0303. The van der Waals surface area contributed by atoms with Gasteiger partial charge in [-0.3, -0.25) is 4.98 Å². The molecule has 0 saturated heterocycles. The van der Waals surface area contributed by atoms with Crippen LogP contribution < -0.4 is 10.6 Å². The number of pyridine rings is 1. The van der Waals surface area contributed by atoms with E-state index in [0.29, 0.717) is 11.3 Å². The maximum Gasteiger partial charge on any atom is 0.319 e. The molecule has 0 aliphatic heterocycles. The van der Waals surface area contributed by atoms with Crippen molar-refractivity contribution in [3.05, 3.63) is 60.2 Å². The summed E-state index contributed by atoms with van der Waals surface area (Å²) in [6, 6.07) is 8.33. The average molecular weight is 275 g/mol. The normalized spacial score (nSPS) is 11.7. The highest BCUT2D eigenvalue weighted by Crippen LogP contribution is 2.12. The molecule has 6 heteroatoms. The van der Waals surface area contributed by atoms with Crippen LogP contribution in [-0.2, 0) is 0 Å². The van der Waals surface area contributed by atoms with E-state index in [0.717, 1.165) is 0 Å². The number of carbonyl (C=O) groups is 1. The van der Waals surface area contributed by atoms with Crippen LogP contribution in [0.25, 0.3) is 0 Å². The first-order valence-electron chi connectivity index (χ1n) is 6.03. The number of aliphatic hydroxyl groups is 1. The molecule has 3 N–H and O–H groups in total. The van der Waals surface area contributed by atoms with Gasteiger partial charge in [-0.15, -0.1) is 0 Å². The number of hydrogen-bond donors (Lipinski definition) is 3. The van der Waals surface area contributed by atoms with Gasteiger partial charge in [0.25, 0.3) is 0 Å². The van der Waals surface area contributed by atoms with E-state index in [4.69, 9.17) is 0 Å². The monoisotopic (exact) mass is 275 g/mol. The van der Waals surface area contributed by atoms with Crippen molar-refractivity contribution in [3.8, 4) is 0 Å². The largest absolute Gasteiger partial charge is 0.387 e. The number of urea groups is 1. The lowest BCUT2D eigenvalue weighted by molar-refractivity contribution is 0.175. The molecule has 0 saturated carbocycles. The summed E-state index contributed by atoms with van der Waals surface area (Å²) in [5.74, 6) is -0.371. The Morgan fingerprint density at radius 3 is 2.50 bits per heavy atom. The predicted molar refractivity (Wildman–Crippen MR) is 72.6 cm³/mol. The van der Waals surface area contributed by atoms with E-state index in [1.165, 1.54) is 24.3 Å². The van der Waals surface area contributed by atoms with Crippen LogP contribution in [0, 0.1) is 5.82 Å². The van der Waals surface area contributed by atoms with Crippen molar-refractivity contribution in [2.75, 3.05) is 11.9 Å². The van der Waals surface area contributed by atoms with E-state index in [2.05, 4.69) is 15.6 Å². The van der Waals surface area contributed by atoms with Gasteiger partial charge in [-0.2, -0.15) is 0 Å². The number of benzene rings is 1. The Morgan fingerprint density at radius 2 is 1.85 bits per heavy atom. The third-order valence-corrected chi connectivity index (χ3v) is 2.65. The molecule has 1 unspecified atom stereocenters. The van der Waals surface area contributed by atoms with Crippen molar-refractivity contribution in [1.29, 1.82) is 0 Å². The lowest BCUT2D eigenvalue weighted by atomic mass is 10.1. The summed E-state index contributed by atoms with van der Waals surface area (Å²) >= 11 is 0. The fraction of sp³-hybridized carbons (Fsp3) is 0.143. The fourth-order valence-corrected chi connectivity index (χ4v) is 1.60. The quantitative estimate of drug-likeness (QED) is 0.799. The minimum absolute atomic E-state index is 0.0303. The van der Waals surface area contributed by atoms with Crippen molar-refractivity contribution in [3.63, 3.8) is 0 Å². The Morgan fingerprint density at radius 1 is 1.20 bits per heavy atom. The lowest BCUT2D eigenvalue weighted by Crippen LogP contribution is -2.32. The van der Waals surface area contributed by atoms with Gasteiger partial charge in [-0.25, -0.2) is 9.18 Å². The van der Waals surface area contributed by atoms with Crippen molar-refractivity contribution >= 4 is 11.7 Å². The minimum atomic E-state index is -0.890. The molecule has 0 fully saturated rings. The van der Waals surface area contributed by atoms with Gasteiger partial charge in [0.15, 0.2) is 0 Å². The standard InChI is InChI=1S/C14H14FN3O2/c15-11-3-1-10(2-4-11)13(19)9-17-14(20)18-12-5-7-16-8-6-12/h1-8,13,19H,9H2,(H2,16,17,18,20). The molecule has 2 aromatic rings. The number of hydrogen-bond acceptors (Lipinski definition) is 3. The first-order valence-corrected chi connectivity index (χ1v) is 6.03. The Bertz CT molecular complexity index is 560. The van der Waals surface area contributed by atoms with Gasteiger partial charge < -0.3 is 15.7 Å². The predicted octanol–water partition coefficient (Wildman–Crippen LogP) is 2.08. The van der Waals surface area contributed by atoms with E-state index in [9.17, 15) is 14.3 Å². The van der Waals surface area contributed by atoms with Crippen LogP contribution in [0.3, 0.4) is 0 Å². The number of anilines is 1. The highest BCUT2D eigenvalue weighted by molar-refractivity contribution is 5.89. The van der Waals surface area contributed by atoms with Gasteiger partial charge in [0.2, 0.25) is 0 Å². The zero-order chi connectivity index (χ0) is 14.4. The maximum atomic E-state index is 12.7. The van der Waals surface area contributed by atoms with Gasteiger partial charge >= 0.3 is 6.03 Å². The molecule has 104 valence electrons. The second kappa shape index (κ2) is 6.63. The molecule has 1 atom stereocenters. The molecule has 0 aliphatic carbocycles. The van der Waals surface area contributed by atoms with Crippen LogP contribution in [0.5, 0.6) is 0 Å². The highest BCUT2D eigenvalue weighted by atomic mass is 19.1. The van der Waals surface area contributed by atoms with Crippen LogP contribution in [-0.4, -0.2) is 22.7 Å². The Labute approximate surface area is 115 Å². The number of nitrogens with zero attached hydrogens (tertiary/aromatic N) is 1. The Balaban J connectivity index is 1.82. The van der Waals surface area contributed by atoms with Crippen LogP contribution in [0.1, 0.15) is 11.7 Å². The first kappa shape index (κ1) is 14.0. The van der Waals surface area contributed by atoms with Gasteiger partial charge in [0, 0.05) is 24.6 Å². The summed E-state index contributed by atoms with van der Waals surface area (Å²) in [5.41, 5.74) is 1.14. The molecule has 1 aromatic heterocycles. The Hall–Kier alpha value is -2.47. The van der Waals surface area contributed by atoms with Crippen molar-refractivity contribution < 1.29 is 14.3 Å². The van der Waals surface area contributed by atoms with Crippen LogP contribution in [0.15, 0.2) is 48.8 Å². The number of carbonyl (C=O) groups excluding carboxylic acids is 1. The topological polar surface area (TPSA) is 74.2 Å². The van der Waals surface area contributed by atoms with E-state index < -0.39 is 12.1 Å². The molecular formula is C14H14FN3O2. The molecule has 0 radical (unpaired) electrons. The van der Waals surface area contributed by atoms with Gasteiger partial charge in [0.1, 0.15) is 5.82 Å². The van der Waals surface area contributed by atoms with E-state index in [1.54, 1.807) is 24.5 Å². The summed E-state index contributed by atoms with van der Waals surface area (Å²) in [5, 5.41) is 15.0. The summed E-state index contributed by atoms with van der Waals surface area (Å²) in [6.07, 6.45) is 2.23. The van der Waals surface area contributed by atoms with Crippen molar-refractivity contribution in [2.45, 2.75) is 6.10 Å². The fourth-order valence-electron chi connectivity index (χ4n) is 1.60. The smallest absolute Gasteiger partial charge is 0.319 e. The van der Waals surface area contributed by atoms with E-state index >= 15 is 0 Å². The number of aliphatic hydroxyl groups excluding tert-OH is 1. The molecule has 5 nitrogen and oxygen atoms in total. The Kier molecular flexibility index (Phi) is 4.62. The minimum Gasteiger partial charge on any atom is -0.387 e. The average Bonchev–Trinajstić information content (AvgIpc) is 2.46. The SMILES string of the molecule is O=C(NCC(O)c1ccc(F)cc1)Nc1ccncc1. The molecule has 1 heterocycles. The molecule has 0 bridgehead atoms. The molecule has 1 aromatic carbocycles. The number of rotatable bonds is 4. The van der Waals surface area contributed by atoms with Crippen molar-refractivity contribution in [2.24, 2.45) is 0 Å². The third kappa shape index (κ3) is 4.03. The molecule has 2 rings (SSSR count). The summed E-state index contributed by atoms with van der Waals surface area (Å²) in [4.78, 5) is 15.4. The first-order chi connectivity index (χ1) is 9.65. The zero-order valence-electron chi connectivity index (χ0n) is 10.6. The second-order valence-corrected chi connectivity index (χ2v) is 4.14. The van der Waals surface area contributed by atoms with E-state index in [1.807, 2.05) is 0 Å². The van der Waals surface area contributed by atoms with Crippen LogP contribution >= 0.6 is 0 Å². The molecule has 2 amide bonds. The number of nitrogens with one attached hydrogen (secondary N) is 2. The number of amides is 2. The van der Waals surface area contributed by atoms with Gasteiger partial charge in [-0.05, 0) is 29.8 Å². The lowest BCUT2D eigenvalue weighted by Gasteiger charge is -2.13. The summed E-state index contributed by atoms with van der Waals surface area (Å²) in [7, 11) is 0. The van der Waals surface area contributed by atoms with Gasteiger partial charge in [0.05, 0.1) is 6.10 Å². The zero-order valence-corrected chi connectivity index (χ0v) is 10.6. The van der Waals surface area contributed by atoms with Crippen LogP contribution in [0.2, 0.25) is 0 Å². The summed E-state index contributed by atoms with van der Waals surface area (Å²) < 4.78 is 12.7. The van der Waals surface area contributed by atoms with E-state index in [-0.39, 0.29) is 12.4 Å². The number of aromatic nitrogens is 1. The number of halogens is 1.